The third-order valence-electron chi connectivity index (χ3n) is 5.91. The third-order valence-corrected chi connectivity index (χ3v) is 5.91. The minimum absolute atomic E-state index is 0.311. The van der Waals surface area contributed by atoms with Crippen molar-refractivity contribution >= 4 is 0 Å². The molecule has 2 heteroatoms. The fourth-order valence-electron chi connectivity index (χ4n) is 4.59. The molecule has 1 heterocycles. The van der Waals surface area contributed by atoms with Gasteiger partial charge in [-0.3, -0.25) is 4.90 Å². The first-order chi connectivity index (χ1) is 8.78. The van der Waals surface area contributed by atoms with Gasteiger partial charge in [-0.1, -0.05) is 27.7 Å². The van der Waals surface area contributed by atoms with E-state index in [0.717, 1.165) is 24.4 Å². The van der Waals surface area contributed by atoms with Crippen LogP contribution in [0.15, 0.2) is 0 Å². The van der Waals surface area contributed by atoms with Crippen molar-refractivity contribution < 1.29 is 0 Å². The SMILES string of the molecule is CC1CC(C)N(C2(CN)CCC(C(C)(C)C)CC2)C1. The second-order valence-electron chi connectivity index (χ2n) is 8.41. The summed E-state index contributed by atoms with van der Waals surface area (Å²) in [5, 5.41) is 0. The van der Waals surface area contributed by atoms with E-state index in [2.05, 4.69) is 39.5 Å². The monoisotopic (exact) mass is 266 g/mol. The van der Waals surface area contributed by atoms with Gasteiger partial charge in [0.15, 0.2) is 0 Å². The molecule has 1 saturated heterocycles. The van der Waals surface area contributed by atoms with Gasteiger partial charge in [0.05, 0.1) is 0 Å². The zero-order valence-corrected chi connectivity index (χ0v) is 13.7. The van der Waals surface area contributed by atoms with Crippen LogP contribution in [0.2, 0.25) is 0 Å². The highest BCUT2D eigenvalue weighted by Crippen LogP contribution is 2.45. The van der Waals surface area contributed by atoms with Gasteiger partial charge in [-0.2, -0.15) is 0 Å². The molecule has 1 aliphatic carbocycles. The molecule has 1 aliphatic heterocycles. The second kappa shape index (κ2) is 5.37. The van der Waals surface area contributed by atoms with E-state index >= 15 is 0 Å². The van der Waals surface area contributed by atoms with Crippen LogP contribution in [0.3, 0.4) is 0 Å². The van der Waals surface area contributed by atoms with E-state index in [1.54, 1.807) is 0 Å². The fraction of sp³-hybridized carbons (Fsp3) is 1.00. The molecule has 2 nitrogen and oxygen atoms in total. The number of hydrogen-bond acceptors (Lipinski definition) is 2. The van der Waals surface area contributed by atoms with Crippen LogP contribution in [0, 0.1) is 17.3 Å². The second-order valence-corrected chi connectivity index (χ2v) is 8.41. The molecule has 2 rings (SSSR count). The molecule has 19 heavy (non-hydrogen) atoms. The molecule has 2 fully saturated rings. The van der Waals surface area contributed by atoms with Gasteiger partial charge in [-0.15, -0.1) is 0 Å². The average molecular weight is 266 g/mol. The molecule has 0 bridgehead atoms. The van der Waals surface area contributed by atoms with Crippen LogP contribution in [0.1, 0.15) is 66.7 Å². The minimum atomic E-state index is 0.311. The lowest BCUT2D eigenvalue weighted by Crippen LogP contribution is -2.57. The molecule has 0 radical (unpaired) electrons. The van der Waals surface area contributed by atoms with Gasteiger partial charge < -0.3 is 5.73 Å². The van der Waals surface area contributed by atoms with E-state index in [1.165, 1.54) is 38.6 Å². The first-order valence-corrected chi connectivity index (χ1v) is 8.25. The summed E-state index contributed by atoms with van der Waals surface area (Å²) in [7, 11) is 0. The Morgan fingerprint density at radius 1 is 1.16 bits per heavy atom. The first kappa shape index (κ1) is 15.3. The summed E-state index contributed by atoms with van der Waals surface area (Å²) in [4.78, 5) is 2.76. The zero-order chi connectivity index (χ0) is 14.3. The van der Waals surface area contributed by atoms with Gasteiger partial charge in [-0.05, 0) is 56.3 Å². The predicted molar refractivity (Wildman–Crippen MR) is 83.1 cm³/mol. The lowest BCUT2D eigenvalue weighted by molar-refractivity contribution is 0.0154. The molecule has 2 aliphatic rings. The van der Waals surface area contributed by atoms with E-state index in [1.807, 2.05) is 0 Å². The number of rotatable bonds is 2. The van der Waals surface area contributed by atoms with Gasteiger partial charge in [0.25, 0.3) is 0 Å². The van der Waals surface area contributed by atoms with Crippen molar-refractivity contribution in [2.45, 2.75) is 78.3 Å². The Bertz CT molecular complexity index is 297. The summed E-state index contributed by atoms with van der Waals surface area (Å²) in [6.07, 6.45) is 6.69. The molecule has 2 atom stereocenters. The highest BCUT2D eigenvalue weighted by atomic mass is 15.3. The highest BCUT2D eigenvalue weighted by molar-refractivity contribution is 5.01. The maximum absolute atomic E-state index is 6.24. The summed E-state index contributed by atoms with van der Waals surface area (Å²) in [6.45, 7) is 14.1. The number of nitrogens with two attached hydrogens (primary N) is 1. The standard InChI is InChI=1S/C17H34N2/c1-13-10-14(2)19(11-13)17(12-18)8-6-15(7-9-17)16(3,4)5/h13-15H,6-12,18H2,1-5H3. The molecule has 112 valence electrons. The average Bonchev–Trinajstić information content (AvgIpc) is 2.68. The number of likely N-dealkylation sites (tertiary alicyclic amines) is 1. The van der Waals surface area contributed by atoms with Crippen molar-refractivity contribution in [1.29, 1.82) is 0 Å². The van der Waals surface area contributed by atoms with Crippen molar-refractivity contribution in [3.63, 3.8) is 0 Å². The molecule has 0 aromatic heterocycles. The van der Waals surface area contributed by atoms with E-state index in [-0.39, 0.29) is 0 Å². The van der Waals surface area contributed by atoms with Crippen molar-refractivity contribution in [2.24, 2.45) is 23.0 Å². The molecular weight excluding hydrogens is 232 g/mol. The van der Waals surface area contributed by atoms with Crippen LogP contribution in [0.25, 0.3) is 0 Å². The van der Waals surface area contributed by atoms with Crippen LogP contribution >= 0.6 is 0 Å². The van der Waals surface area contributed by atoms with Crippen molar-refractivity contribution in [2.75, 3.05) is 13.1 Å². The Kier molecular flexibility index (Phi) is 4.32. The Labute approximate surface area is 120 Å². The van der Waals surface area contributed by atoms with E-state index < -0.39 is 0 Å². The quantitative estimate of drug-likeness (QED) is 0.826. The van der Waals surface area contributed by atoms with Crippen LogP contribution < -0.4 is 5.73 Å². The molecule has 2 N–H and O–H groups in total. The Morgan fingerprint density at radius 3 is 2.11 bits per heavy atom. The normalized spacial score (nSPS) is 41.7. The van der Waals surface area contributed by atoms with Crippen LogP contribution in [-0.2, 0) is 0 Å². The maximum Gasteiger partial charge on any atom is 0.0334 e. The molecule has 0 amide bonds. The summed E-state index contributed by atoms with van der Waals surface area (Å²) >= 11 is 0. The summed E-state index contributed by atoms with van der Waals surface area (Å²) in [5.74, 6) is 1.72. The van der Waals surface area contributed by atoms with E-state index in [0.29, 0.717) is 11.0 Å². The largest absolute Gasteiger partial charge is 0.329 e. The van der Waals surface area contributed by atoms with E-state index in [4.69, 9.17) is 5.73 Å². The Hall–Kier alpha value is -0.0800. The number of nitrogens with zero attached hydrogens (tertiary/aromatic N) is 1. The molecule has 0 spiro atoms. The van der Waals surface area contributed by atoms with Crippen molar-refractivity contribution in [3.8, 4) is 0 Å². The highest BCUT2D eigenvalue weighted by Gasteiger charge is 2.45. The summed E-state index contributed by atoms with van der Waals surface area (Å²) in [5.41, 5.74) is 7.01. The van der Waals surface area contributed by atoms with Crippen molar-refractivity contribution in [1.82, 2.24) is 4.90 Å². The first-order valence-electron chi connectivity index (χ1n) is 8.25. The topological polar surface area (TPSA) is 29.3 Å². The maximum atomic E-state index is 6.24. The van der Waals surface area contributed by atoms with Gasteiger partial charge in [0.2, 0.25) is 0 Å². The lowest BCUT2D eigenvalue weighted by Gasteiger charge is -2.50. The minimum Gasteiger partial charge on any atom is -0.329 e. The molecule has 2 unspecified atom stereocenters. The van der Waals surface area contributed by atoms with Gasteiger partial charge in [-0.25, -0.2) is 0 Å². The van der Waals surface area contributed by atoms with Gasteiger partial charge >= 0.3 is 0 Å². The molecule has 1 saturated carbocycles. The summed E-state index contributed by atoms with van der Waals surface area (Å²) < 4.78 is 0. The van der Waals surface area contributed by atoms with Crippen LogP contribution in [-0.4, -0.2) is 29.6 Å². The fourth-order valence-corrected chi connectivity index (χ4v) is 4.59. The molecule has 0 aromatic carbocycles. The third kappa shape index (κ3) is 3.00. The Morgan fingerprint density at radius 2 is 1.74 bits per heavy atom. The smallest absolute Gasteiger partial charge is 0.0334 e. The summed E-state index contributed by atoms with van der Waals surface area (Å²) in [6, 6.07) is 0.727. The molecule has 0 aromatic rings. The Balaban J connectivity index is 2.06. The predicted octanol–water partition coefficient (Wildman–Crippen LogP) is 3.65. The lowest BCUT2D eigenvalue weighted by atomic mass is 9.66. The number of hydrogen-bond donors (Lipinski definition) is 1. The molecular formula is C17H34N2. The van der Waals surface area contributed by atoms with Crippen molar-refractivity contribution in [3.05, 3.63) is 0 Å². The van der Waals surface area contributed by atoms with Crippen LogP contribution in [0.4, 0.5) is 0 Å². The van der Waals surface area contributed by atoms with Gasteiger partial charge in [0.1, 0.15) is 0 Å². The van der Waals surface area contributed by atoms with Crippen LogP contribution in [0.5, 0.6) is 0 Å². The van der Waals surface area contributed by atoms with E-state index in [9.17, 15) is 0 Å². The zero-order valence-electron chi connectivity index (χ0n) is 13.7. The van der Waals surface area contributed by atoms with Gasteiger partial charge in [0, 0.05) is 24.7 Å².